The number of carboxylic acid groups (broad SMARTS) is 1. The second kappa shape index (κ2) is 16.1. The lowest BCUT2D eigenvalue weighted by Gasteiger charge is -2.18. The van der Waals surface area contributed by atoms with Crippen LogP contribution in [0.25, 0.3) is 0 Å². The first-order chi connectivity index (χ1) is 12.2. The molecule has 5 heteroatoms. The minimum atomic E-state index is -0.662. The van der Waals surface area contributed by atoms with E-state index in [4.69, 9.17) is 10.8 Å². The predicted molar refractivity (Wildman–Crippen MR) is 113 cm³/mol. The average molecular weight is 388 g/mol. The molecule has 1 heterocycles. The Morgan fingerprint density at radius 2 is 1.88 bits per heavy atom. The highest BCUT2D eigenvalue weighted by Crippen LogP contribution is 2.41. The third-order valence-corrected chi connectivity index (χ3v) is 7.86. The number of nitrogens with two attached hydrogens (primary N) is 1. The number of allylic oxidation sites excluding steroid dienone is 2. The molecule has 0 amide bonds. The average Bonchev–Trinajstić information content (AvgIpc) is 2.60. The molecule has 1 rings (SSSR count). The third kappa shape index (κ3) is 13.7. The lowest BCUT2D eigenvalue weighted by atomic mass is 10.0. The van der Waals surface area contributed by atoms with E-state index in [2.05, 4.69) is 16.9 Å². The Labute approximate surface area is 162 Å². The van der Waals surface area contributed by atoms with Gasteiger partial charge in [0.2, 0.25) is 0 Å². The predicted octanol–water partition coefficient (Wildman–Crippen LogP) is 6.53. The molecule has 3 N–H and O–H groups in total. The molecule has 25 heavy (non-hydrogen) atoms. The van der Waals surface area contributed by atoms with Gasteiger partial charge in [-0.1, -0.05) is 66.2 Å². The summed E-state index contributed by atoms with van der Waals surface area (Å²) in [5.41, 5.74) is 5.56. The zero-order valence-corrected chi connectivity index (χ0v) is 17.4. The summed E-state index contributed by atoms with van der Waals surface area (Å²) >= 11 is 0. The van der Waals surface area contributed by atoms with Crippen molar-refractivity contribution < 1.29 is 9.90 Å². The van der Waals surface area contributed by atoms with E-state index in [1.165, 1.54) is 70.6 Å². The summed E-state index contributed by atoms with van der Waals surface area (Å²) in [5, 5.41) is 9.45. The van der Waals surface area contributed by atoms with Crippen LogP contribution in [0.2, 0.25) is 0 Å². The zero-order valence-electron chi connectivity index (χ0n) is 15.7. The molecule has 0 radical (unpaired) electrons. The SMILES string of the molecule is NCCCCCC/C1=C/CCCCCC(CCCCCC(=O)O)SS1. The molecule has 1 aliphatic heterocycles. The van der Waals surface area contributed by atoms with Crippen LogP contribution in [0.4, 0.5) is 0 Å². The molecule has 0 aromatic carbocycles. The topological polar surface area (TPSA) is 63.3 Å². The highest BCUT2D eigenvalue weighted by molar-refractivity contribution is 8.78. The van der Waals surface area contributed by atoms with E-state index in [-0.39, 0.29) is 0 Å². The van der Waals surface area contributed by atoms with Crippen molar-refractivity contribution >= 4 is 27.6 Å². The summed E-state index contributed by atoms with van der Waals surface area (Å²) in [7, 11) is 4.09. The molecule has 0 saturated carbocycles. The monoisotopic (exact) mass is 387 g/mol. The van der Waals surface area contributed by atoms with E-state index >= 15 is 0 Å². The minimum absolute atomic E-state index is 0.323. The van der Waals surface area contributed by atoms with Crippen molar-refractivity contribution in [3.05, 3.63) is 11.0 Å². The van der Waals surface area contributed by atoms with Crippen molar-refractivity contribution in [2.24, 2.45) is 5.73 Å². The molecular weight excluding hydrogens is 350 g/mol. The third-order valence-electron chi connectivity index (χ3n) is 4.69. The number of aliphatic carboxylic acids is 1. The summed E-state index contributed by atoms with van der Waals surface area (Å²) in [6.45, 7) is 0.821. The van der Waals surface area contributed by atoms with Crippen molar-refractivity contribution in [3.63, 3.8) is 0 Å². The fraction of sp³-hybridized carbons (Fsp3) is 0.850. The largest absolute Gasteiger partial charge is 0.481 e. The van der Waals surface area contributed by atoms with Crippen LogP contribution in [0.3, 0.4) is 0 Å². The van der Waals surface area contributed by atoms with Crippen LogP contribution in [0, 0.1) is 0 Å². The number of rotatable bonds is 12. The van der Waals surface area contributed by atoms with Crippen molar-refractivity contribution in [1.82, 2.24) is 0 Å². The Hall–Kier alpha value is -0.130. The van der Waals surface area contributed by atoms with Gasteiger partial charge in [-0.25, -0.2) is 0 Å². The number of hydrogen-bond acceptors (Lipinski definition) is 4. The quantitative estimate of drug-likeness (QED) is 0.294. The molecule has 146 valence electrons. The molecule has 0 spiro atoms. The van der Waals surface area contributed by atoms with E-state index in [1.54, 1.807) is 4.91 Å². The molecule has 0 saturated heterocycles. The molecule has 0 aliphatic carbocycles. The van der Waals surface area contributed by atoms with Crippen molar-refractivity contribution in [2.45, 2.75) is 102 Å². The van der Waals surface area contributed by atoms with Gasteiger partial charge in [0.1, 0.15) is 0 Å². The second-order valence-electron chi connectivity index (χ2n) is 7.06. The van der Waals surface area contributed by atoms with E-state index in [0.717, 1.165) is 31.1 Å². The fourth-order valence-corrected chi connectivity index (χ4v) is 6.14. The first-order valence-electron chi connectivity index (χ1n) is 10.2. The molecule has 0 bridgehead atoms. The van der Waals surface area contributed by atoms with Gasteiger partial charge >= 0.3 is 5.97 Å². The summed E-state index contributed by atoms with van der Waals surface area (Å²) < 4.78 is 0. The van der Waals surface area contributed by atoms with Gasteiger partial charge in [0.05, 0.1) is 0 Å². The molecule has 0 aromatic rings. The van der Waals surface area contributed by atoms with Gasteiger partial charge in [0.15, 0.2) is 0 Å². The number of hydrogen-bond donors (Lipinski definition) is 2. The van der Waals surface area contributed by atoms with Crippen molar-refractivity contribution in [1.29, 1.82) is 0 Å². The Bertz CT molecular complexity index is 375. The normalized spacial score (nSPS) is 21.5. The van der Waals surface area contributed by atoms with Crippen LogP contribution in [0.1, 0.15) is 96.3 Å². The second-order valence-corrected chi connectivity index (χ2v) is 9.68. The van der Waals surface area contributed by atoms with Gasteiger partial charge in [0, 0.05) is 11.7 Å². The Morgan fingerprint density at radius 1 is 1.08 bits per heavy atom. The zero-order chi connectivity index (χ0) is 18.2. The first-order valence-corrected chi connectivity index (χ1v) is 12.4. The molecular formula is C20H37NO2S2. The van der Waals surface area contributed by atoms with Crippen LogP contribution in [0.15, 0.2) is 11.0 Å². The first kappa shape index (κ1) is 22.9. The number of unbranched alkanes of at least 4 members (excludes halogenated alkanes) is 5. The number of carboxylic acids is 1. The fourth-order valence-electron chi connectivity index (χ4n) is 3.13. The maximum absolute atomic E-state index is 10.6. The number of carbonyl (C=O) groups is 1. The van der Waals surface area contributed by atoms with Crippen LogP contribution >= 0.6 is 21.6 Å². The van der Waals surface area contributed by atoms with Crippen molar-refractivity contribution in [2.75, 3.05) is 6.54 Å². The lowest BCUT2D eigenvalue weighted by Crippen LogP contribution is -2.03. The van der Waals surface area contributed by atoms with Gasteiger partial charge < -0.3 is 10.8 Å². The smallest absolute Gasteiger partial charge is 0.303 e. The van der Waals surface area contributed by atoms with E-state index < -0.39 is 5.97 Å². The molecule has 1 atom stereocenters. The van der Waals surface area contributed by atoms with Gasteiger partial charge in [0.25, 0.3) is 0 Å². The molecule has 3 nitrogen and oxygen atoms in total. The van der Waals surface area contributed by atoms with E-state index in [9.17, 15) is 4.79 Å². The van der Waals surface area contributed by atoms with E-state index in [0.29, 0.717) is 6.42 Å². The summed E-state index contributed by atoms with van der Waals surface area (Å²) in [6, 6.07) is 0. The van der Waals surface area contributed by atoms with Crippen LogP contribution in [0.5, 0.6) is 0 Å². The van der Waals surface area contributed by atoms with Gasteiger partial charge in [-0.05, 0) is 62.8 Å². The molecule has 0 aromatic heterocycles. The summed E-state index contributed by atoms with van der Waals surface area (Å²) in [5.74, 6) is -0.662. The molecule has 1 aliphatic rings. The van der Waals surface area contributed by atoms with Gasteiger partial charge in [-0.2, -0.15) is 0 Å². The molecule has 0 fully saturated rings. The standard InChI is InChI=1S/C20H37NO2S2/c21-17-11-4-3-8-14-18-12-6-1-2-7-13-19(25-24-18)15-9-5-10-16-20(22)23/h12,19H,1-11,13-17,21H2,(H,22,23)/b18-12-. The van der Waals surface area contributed by atoms with Crippen LogP contribution < -0.4 is 5.73 Å². The van der Waals surface area contributed by atoms with Crippen molar-refractivity contribution in [3.8, 4) is 0 Å². The maximum Gasteiger partial charge on any atom is 0.303 e. The molecule has 1 unspecified atom stereocenters. The van der Waals surface area contributed by atoms with Gasteiger partial charge in [-0.3, -0.25) is 4.79 Å². The Kier molecular flexibility index (Phi) is 14.7. The van der Waals surface area contributed by atoms with E-state index in [1.807, 2.05) is 10.8 Å². The highest BCUT2D eigenvalue weighted by Gasteiger charge is 2.13. The maximum atomic E-state index is 10.6. The van der Waals surface area contributed by atoms with Gasteiger partial charge in [-0.15, -0.1) is 0 Å². The van der Waals surface area contributed by atoms with Crippen LogP contribution in [-0.2, 0) is 4.79 Å². The Morgan fingerprint density at radius 3 is 2.68 bits per heavy atom. The Balaban J connectivity index is 2.28. The highest BCUT2D eigenvalue weighted by atomic mass is 33.1. The lowest BCUT2D eigenvalue weighted by molar-refractivity contribution is -0.137. The summed E-state index contributed by atoms with van der Waals surface area (Å²) in [6.07, 6.45) is 19.9. The minimum Gasteiger partial charge on any atom is -0.481 e. The summed E-state index contributed by atoms with van der Waals surface area (Å²) in [4.78, 5) is 12.2. The van der Waals surface area contributed by atoms with Crippen LogP contribution in [-0.4, -0.2) is 22.9 Å².